The smallest absolute Gasteiger partial charge is 0.374 e. The van der Waals surface area contributed by atoms with Crippen LogP contribution in [0.3, 0.4) is 0 Å². The number of ether oxygens (including phenoxy) is 3. The van der Waals surface area contributed by atoms with Crippen LogP contribution in [0.15, 0.2) is 71.1 Å². The Morgan fingerprint density at radius 3 is 2.32 bits per heavy atom. The van der Waals surface area contributed by atoms with E-state index in [0.29, 0.717) is 22.8 Å². The number of carbonyl (C=O) groups is 2. The van der Waals surface area contributed by atoms with E-state index in [1.54, 1.807) is 37.4 Å². The highest BCUT2D eigenvalue weighted by Crippen LogP contribution is 2.17. The highest BCUT2D eigenvalue weighted by atomic mass is 16.6. The monoisotopic (exact) mass is 380 g/mol. The minimum Gasteiger partial charge on any atom is -0.497 e. The molecule has 0 saturated carbocycles. The molecule has 0 aliphatic carbocycles. The Balaban J connectivity index is 1.56. The molecule has 28 heavy (non-hydrogen) atoms. The zero-order valence-corrected chi connectivity index (χ0v) is 15.6. The number of furan rings is 1. The summed E-state index contributed by atoms with van der Waals surface area (Å²) in [4.78, 5) is 24.7. The SMILES string of the molecule is COc1ccc(C(=O)[C@@H](C)OC(=O)c2ccc(COc3ccccc3)o2)cc1. The van der Waals surface area contributed by atoms with E-state index in [1.165, 1.54) is 13.0 Å². The van der Waals surface area contributed by atoms with Gasteiger partial charge in [0.25, 0.3) is 0 Å². The maximum atomic E-state index is 12.4. The number of carbonyl (C=O) groups excluding carboxylic acids is 2. The Morgan fingerprint density at radius 1 is 0.929 bits per heavy atom. The first-order valence-electron chi connectivity index (χ1n) is 8.72. The van der Waals surface area contributed by atoms with Gasteiger partial charge in [-0.3, -0.25) is 4.79 Å². The Bertz CT molecular complexity index is 927. The molecule has 6 nitrogen and oxygen atoms in total. The van der Waals surface area contributed by atoms with Crippen LogP contribution in [0.25, 0.3) is 0 Å². The molecule has 0 unspecified atom stereocenters. The van der Waals surface area contributed by atoms with E-state index in [0.717, 1.165) is 0 Å². The highest BCUT2D eigenvalue weighted by Gasteiger charge is 2.22. The molecule has 0 amide bonds. The van der Waals surface area contributed by atoms with Crippen LogP contribution in [0.4, 0.5) is 0 Å². The van der Waals surface area contributed by atoms with Gasteiger partial charge in [-0.15, -0.1) is 0 Å². The molecule has 0 fully saturated rings. The van der Waals surface area contributed by atoms with Crippen molar-refractivity contribution in [2.24, 2.45) is 0 Å². The predicted octanol–water partition coefficient (Wildman–Crippen LogP) is 4.30. The zero-order chi connectivity index (χ0) is 19.9. The number of ketones is 1. The molecular formula is C22H20O6. The summed E-state index contributed by atoms with van der Waals surface area (Å²) in [6.07, 6.45) is -0.949. The number of hydrogen-bond donors (Lipinski definition) is 0. The van der Waals surface area contributed by atoms with Crippen LogP contribution in [0.2, 0.25) is 0 Å². The molecule has 0 aliphatic rings. The topological polar surface area (TPSA) is 75.0 Å². The molecule has 0 aliphatic heterocycles. The van der Waals surface area contributed by atoms with Crippen molar-refractivity contribution in [2.75, 3.05) is 7.11 Å². The largest absolute Gasteiger partial charge is 0.497 e. The second-order valence-corrected chi connectivity index (χ2v) is 6.01. The lowest BCUT2D eigenvalue weighted by Gasteiger charge is -2.11. The Labute approximate surface area is 162 Å². The van der Waals surface area contributed by atoms with Gasteiger partial charge in [0.05, 0.1) is 7.11 Å². The summed E-state index contributed by atoms with van der Waals surface area (Å²) in [5.74, 6) is 0.810. The van der Waals surface area contributed by atoms with Crippen LogP contribution in [-0.4, -0.2) is 25.0 Å². The van der Waals surface area contributed by atoms with E-state index >= 15 is 0 Å². The number of methoxy groups -OCH3 is 1. The summed E-state index contributed by atoms with van der Waals surface area (Å²) in [5, 5.41) is 0. The van der Waals surface area contributed by atoms with E-state index < -0.39 is 12.1 Å². The van der Waals surface area contributed by atoms with E-state index in [-0.39, 0.29) is 18.2 Å². The second-order valence-electron chi connectivity index (χ2n) is 6.01. The summed E-state index contributed by atoms with van der Waals surface area (Å²) in [7, 11) is 1.55. The van der Waals surface area contributed by atoms with Gasteiger partial charge in [-0.25, -0.2) is 4.79 Å². The fourth-order valence-corrected chi connectivity index (χ4v) is 2.50. The van der Waals surface area contributed by atoms with Crippen molar-refractivity contribution in [2.45, 2.75) is 19.6 Å². The number of hydrogen-bond acceptors (Lipinski definition) is 6. The third kappa shape index (κ3) is 4.79. The number of para-hydroxylation sites is 1. The lowest BCUT2D eigenvalue weighted by atomic mass is 10.1. The van der Waals surface area contributed by atoms with Gasteiger partial charge < -0.3 is 18.6 Å². The van der Waals surface area contributed by atoms with E-state index in [2.05, 4.69) is 0 Å². The van der Waals surface area contributed by atoms with Gasteiger partial charge >= 0.3 is 5.97 Å². The van der Waals surface area contributed by atoms with Crippen molar-refractivity contribution in [1.82, 2.24) is 0 Å². The van der Waals surface area contributed by atoms with Crippen molar-refractivity contribution >= 4 is 11.8 Å². The summed E-state index contributed by atoms with van der Waals surface area (Å²) in [6, 6.07) is 19.0. The average molecular weight is 380 g/mol. The van der Waals surface area contributed by atoms with Gasteiger partial charge in [0, 0.05) is 5.56 Å². The molecule has 0 radical (unpaired) electrons. The standard InChI is InChI=1S/C22H20O6/c1-15(21(23)16-8-10-17(25-2)11-9-16)27-22(24)20-13-12-19(28-20)14-26-18-6-4-3-5-7-18/h3-13,15H,14H2,1-2H3/t15-/m1/s1. The molecule has 0 N–H and O–H groups in total. The maximum Gasteiger partial charge on any atom is 0.374 e. The molecule has 3 aromatic rings. The van der Waals surface area contributed by atoms with Crippen LogP contribution in [0.1, 0.15) is 33.6 Å². The number of Topliss-reactive ketones (excluding diaryl/α,β-unsaturated/α-hetero) is 1. The maximum absolute atomic E-state index is 12.4. The van der Waals surface area contributed by atoms with Gasteiger partial charge in [-0.2, -0.15) is 0 Å². The summed E-state index contributed by atoms with van der Waals surface area (Å²) in [6.45, 7) is 1.70. The molecule has 0 bridgehead atoms. The molecule has 1 atom stereocenters. The fourth-order valence-electron chi connectivity index (χ4n) is 2.50. The fraction of sp³-hybridized carbons (Fsp3) is 0.182. The third-order valence-electron chi connectivity index (χ3n) is 4.01. The Hall–Kier alpha value is -3.54. The van der Waals surface area contributed by atoms with Crippen molar-refractivity contribution < 1.29 is 28.2 Å². The summed E-state index contributed by atoms with van der Waals surface area (Å²) >= 11 is 0. The molecule has 144 valence electrons. The van der Waals surface area contributed by atoms with Crippen molar-refractivity contribution in [3.63, 3.8) is 0 Å². The molecule has 0 spiro atoms. The van der Waals surface area contributed by atoms with Crippen molar-refractivity contribution in [3.8, 4) is 11.5 Å². The zero-order valence-electron chi connectivity index (χ0n) is 15.6. The third-order valence-corrected chi connectivity index (χ3v) is 4.01. The quantitative estimate of drug-likeness (QED) is 0.429. The highest BCUT2D eigenvalue weighted by molar-refractivity contribution is 6.01. The lowest BCUT2D eigenvalue weighted by Crippen LogP contribution is -2.24. The first kappa shape index (κ1) is 19.2. The minimum absolute atomic E-state index is 0.0149. The molecule has 2 aromatic carbocycles. The van der Waals surface area contributed by atoms with E-state index in [9.17, 15) is 9.59 Å². The molecule has 1 heterocycles. The molecule has 6 heteroatoms. The van der Waals surface area contributed by atoms with Gasteiger partial charge in [0.2, 0.25) is 11.5 Å². The summed E-state index contributed by atoms with van der Waals surface area (Å²) in [5.41, 5.74) is 0.428. The molecule has 3 rings (SSSR count). The van der Waals surface area contributed by atoms with Crippen molar-refractivity contribution in [1.29, 1.82) is 0 Å². The first-order valence-corrected chi connectivity index (χ1v) is 8.72. The van der Waals surface area contributed by atoms with E-state index in [1.807, 2.05) is 30.3 Å². The van der Waals surface area contributed by atoms with Crippen LogP contribution in [0.5, 0.6) is 11.5 Å². The summed E-state index contributed by atoms with van der Waals surface area (Å²) < 4.78 is 21.3. The molecule has 0 saturated heterocycles. The number of rotatable bonds is 8. The van der Waals surface area contributed by atoms with Crippen LogP contribution in [-0.2, 0) is 11.3 Å². The van der Waals surface area contributed by atoms with E-state index in [4.69, 9.17) is 18.6 Å². The van der Waals surface area contributed by atoms with Gasteiger partial charge in [-0.1, -0.05) is 18.2 Å². The van der Waals surface area contributed by atoms with Crippen LogP contribution < -0.4 is 9.47 Å². The minimum atomic E-state index is -0.949. The number of esters is 1. The van der Waals surface area contributed by atoms with Gasteiger partial charge in [-0.05, 0) is 55.5 Å². The average Bonchev–Trinajstić information content (AvgIpc) is 3.22. The Morgan fingerprint density at radius 2 is 1.64 bits per heavy atom. The molecular weight excluding hydrogens is 360 g/mol. The Kier molecular flexibility index (Phi) is 6.11. The van der Waals surface area contributed by atoms with Crippen molar-refractivity contribution in [3.05, 3.63) is 83.8 Å². The van der Waals surface area contributed by atoms with Gasteiger partial charge in [0.15, 0.2) is 6.10 Å². The first-order chi connectivity index (χ1) is 13.6. The van der Waals surface area contributed by atoms with Gasteiger partial charge in [0.1, 0.15) is 23.9 Å². The van der Waals surface area contributed by atoms with Crippen LogP contribution >= 0.6 is 0 Å². The second kappa shape index (κ2) is 8.90. The molecule has 1 aromatic heterocycles. The predicted molar refractivity (Wildman–Crippen MR) is 102 cm³/mol. The lowest BCUT2D eigenvalue weighted by molar-refractivity contribution is 0.0286. The normalized spacial score (nSPS) is 11.5. The number of benzene rings is 2. The van der Waals surface area contributed by atoms with Crippen LogP contribution in [0, 0.1) is 0 Å².